The van der Waals surface area contributed by atoms with E-state index in [-0.39, 0.29) is 22.8 Å². The maximum absolute atomic E-state index is 11.7. The fraction of sp³-hybridized carbons (Fsp3) is 0.500. The van der Waals surface area contributed by atoms with E-state index in [1.165, 1.54) is 23.7 Å². The summed E-state index contributed by atoms with van der Waals surface area (Å²) in [6.45, 7) is 2.26. The maximum atomic E-state index is 11.7. The summed E-state index contributed by atoms with van der Waals surface area (Å²) in [7, 11) is 1.48. The van der Waals surface area contributed by atoms with Crippen molar-refractivity contribution in [1.82, 2.24) is 9.88 Å². The van der Waals surface area contributed by atoms with Gasteiger partial charge in [-0.15, -0.1) is 11.6 Å². The molecule has 0 spiro atoms. The average Bonchev–Trinajstić information content (AvgIpc) is 2.67. The Morgan fingerprint density at radius 2 is 2.29 bits per heavy atom. The SMILES string of the molecule is CCC(Cl)CNC(=O)c1ccc([N+](=O)[O-])n1C. The summed E-state index contributed by atoms with van der Waals surface area (Å²) < 4.78 is 1.24. The molecule has 0 aliphatic rings. The summed E-state index contributed by atoms with van der Waals surface area (Å²) in [4.78, 5) is 21.8. The van der Waals surface area contributed by atoms with Crippen molar-refractivity contribution in [3.8, 4) is 0 Å². The van der Waals surface area contributed by atoms with Crippen LogP contribution in [0.2, 0.25) is 0 Å². The molecule has 1 aromatic rings. The summed E-state index contributed by atoms with van der Waals surface area (Å²) in [5.74, 6) is -0.479. The second-order valence-electron chi connectivity index (χ2n) is 3.61. The molecule has 17 heavy (non-hydrogen) atoms. The van der Waals surface area contributed by atoms with Crippen LogP contribution in [-0.4, -0.2) is 27.3 Å². The summed E-state index contributed by atoms with van der Waals surface area (Å²) >= 11 is 5.86. The molecule has 94 valence electrons. The Kier molecular flexibility index (Phi) is 4.51. The van der Waals surface area contributed by atoms with Crippen molar-refractivity contribution in [2.24, 2.45) is 7.05 Å². The Morgan fingerprint density at radius 3 is 2.76 bits per heavy atom. The van der Waals surface area contributed by atoms with Crippen molar-refractivity contribution in [2.45, 2.75) is 18.7 Å². The number of aromatic nitrogens is 1. The van der Waals surface area contributed by atoms with Crippen molar-refractivity contribution in [1.29, 1.82) is 0 Å². The Bertz CT molecular complexity index is 430. The highest BCUT2D eigenvalue weighted by atomic mass is 35.5. The highest BCUT2D eigenvalue weighted by Crippen LogP contribution is 2.14. The number of nitrogens with one attached hydrogen (secondary N) is 1. The zero-order chi connectivity index (χ0) is 13.0. The van der Waals surface area contributed by atoms with E-state index in [2.05, 4.69) is 5.32 Å². The molecule has 1 N–H and O–H groups in total. The minimum absolute atomic E-state index is 0.118. The van der Waals surface area contributed by atoms with Crippen LogP contribution in [0, 0.1) is 10.1 Å². The van der Waals surface area contributed by atoms with E-state index < -0.39 is 4.92 Å². The molecular weight excluding hydrogens is 246 g/mol. The number of rotatable bonds is 5. The Morgan fingerprint density at radius 1 is 1.65 bits per heavy atom. The van der Waals surface area contributed by atoms with Crippen LogP contribution in [0.1, 0.15) is 23.8 Å². The van der Waals surface area contributed by atoms with Gasteiger partial charge in [0.25, 0.3) is 5.91 Å². The summed E-state index contributed by atoms with van der Waals surface area (Å²) in [6.07, 6.45) is 0.745. The van der Waals surface area contributed by atoms with Gasteiger partial charge in [0.05, 0.1) is 12.4 Å². The smallest absolute Gasteiger partial charge is 0.323 e. The summed E-state index contributed by atoms with van der Waals surface area (Å²) in [5, 5.41) is 13.1. The third-order valence-electron chi connectivity index (χ3n) is 2.44. The first-order chi connectivity index (χ1) is 7.97. The number of amides is 1. The molecule has 0 saturated carbocycles. The molecule has 1 atom stereocenters. The van der Waals surface area contributed by atoms with Crippen LogP contribution < -0.4 is 5.32 Å². The molecule has 0 aliphatic heterocycles. The number of halogens is 1. The minimum Gasteiger partial charge on any atom is -0.358 e. The zero-order valence-electron chi connectivity index (χ0n) is 9.64. The molecule has 0 saturated heterocycles. The fourth-order valence-corrected chi connectivity index (χ4v) is 1.43. The first kappa shape index (κ1) is 13.5. The van der Waals surface area contributed by atoms with E-state index >= 15 is 0 Å². The maximum Gasteiger partial charge on any atom is 0.323 e. The highest BCUT2D eigenvalue weighted by molar-refractivity contribution is 6.20. The number of alkyl halides is 1. The molecule has 6 nitrogen and oxygen atoms in total. The van der Waals surface area contributed by atoms with Crippen molar-refractivity contribution >= 4 is 23.3 Å². The minimum atomic E-state index is -0.535. The van der Waals surface area contributed by atoms with Crippen LogP contribution in [0.4, 0.5) is 5.82 Å². The van der Waals surface area contributed by atoms with Crippen molar-refractivity contribution in [3.63, 3.8) is 0 Å². The summed E-state index contributed by atoms with van der Waals surface area (Å²) in [6, 6.07) is 2.72. The van der Waals surface area contributed by atoms with E-state index in [1.807, 2.05) is 6.92 Å². The van der Waals surface area contributed by atoms with E-state index in [1.54, 1.807) is 0 Å². The number of hydrogen-bond donors (Lipinski definition) is 1. The molecule has 0 fully saturated rings. The van der Waals surface area contributed by atoms with E-state index in [4.69, 9.17) is 11.6 Å². The van der Waals surface area contributed by atoms with Gasteiger partial charge in [0, 0.05) is 12.6 Å². The van der Waals surface area contributed by atoms with Gasteiger partial charge >= 0.3 is 5.82 Å². The van der Waals surface area contributed by atoms with Gasteiger partial charge in [-0.1, -0.05) is 6.92 Å². The van der Waals surface area contributed by atoms with Gasteiger partial charge in [-0.2, -0.15) is 0 Å². The molecule has 1 aromatic heterocycles. The third-order valence-corrected chi connectivity index (χ3v) is 2.90. The molecule has 0 radical (unpaired) electrons. The molecule has 1 rings (SSSR count). The third kappa shape index (κ3) is 3.20. The van der Waals surface area contributed by atoms with Gasteiger partial charge < -0.3 is 15.4 Å². The number of hydrogen-bond acceptors (Lipinski definition) is 3. The van der Waals surface area contributed by atoms with E-state index in [9.17, 15) is 14.9 Å². The van der Waals surface area contributed by atoms with Gasteiger partial charge in [-0.25, -0.2) is 4.57 Å². The largest absolute Gasteiger partial charge is 0.358 e. The highest BCUT2D eigenvalue weighted by Gasteiger charge is 2.20. The first-order valence-electron chi connectivity index (χ1n) is 5.19. The number of nitrogens with zero attached hydrogens (tertiary/aromatic N) is 2. The van der Waals surface area contributed by atoms with E-state index in [0.717, 1.165) is 6.42 Å². The second kappa shape index (κ2) is 5.67. The molecule has 0 bridgehead atoms. The molecule has 1 heterocycles. The molecule has 0 aromatic carbocycles. The lowest BCUT2D eigenvalue weighted by molar-refractivity contribution is -0.391. The molecular formula is C10H14ClN3O3. The van der Waals surface area contributed by atoms with Crippen LogP contribution in [0.5, 0.6) is 0 Å². The van der Waals surface area contributed by atoms with Gasteiger partial charge in [0.15, 0.2) is 5.69 Å². The monoisotopic (exact) mass is 259 g/mol. The molecule has 1 unspecified atom stereocenters. The Balaban J connectivity index is 2.73. The quantitative estimate of drug-likeness (QED) is 0.496. The Hall–Kier alpha value is -1.56. The molecule has 0 aliphatic carbocycles. The number of carbonyl (C=O) groups excluding carboxylic acids is 1. The fourth-order valence-electron chi connectivity index (χ4n) is 1.35. The Labute approximate surface area is 104 Å². The van der Waals surface area contributed by atoms with Crippen molar-refractivity contribution < 1.29 is 9.72 Å². The number of carbonyl (C=O) groups is 1. The van der Waals surface area contributed by atoms with Crippen LogP contribution in [-0.2, 0) is 7.05 Å². The van der Waals surface area contributed by atoms with Crippen LogP contribution in [0.3, 0.4) is 0 Å². The van der Waals surface area contributed by atoms with Gasteiger partial charge in [0.2, 0.25) is 0 Å². The second-order valence-corrected chi connectivity index (χ2v) is 4.23. The normalized spacial score (nSPS) is 12.2. The van der Waals surface area contributed by atoms with Crippen LogP contribution in [0.25, 0.3) is 0 Å². The standard InChI is InChI=1S/C10H14ClN3O3/c1-3-7(11)6-12-10(15)8-4-5-9(13(8)2)14(16)17/h4-5,7H,3,6H2,1-2H3,(H,12,15). The van der Waals surface area contributed by atoms with Gasteiger partial charge in [-0.3, -0.25) is 4.79 Å². The van der Waals surface area contributed by atoms with E-state index in [0.29, 0.717) is 6.54 Å². The molecule has 7 heteroatoms. The molecule has 1 amide bonds. The van der Waals surface area contributed by atoms with Crippen LogP contribution >= 0.6 is 11.6 Å². The predicted octanol–water partition coefficient (Wildman–Crippen LogP) is 1.68. The topological polar surface area (TPSA) is 77.2 Å². The average molecular weight is 260 g/mol. The van der Waals surface area contributed by atoms with Gasteiger partial charge in [0.1, 0.15) is 0 Å². The van der Waals surface area contributed by atoms with Crippen molar-refractivity contribution in [2.75, 3.05) is 6.54 Å². The van der Waals surface area contributed by atoms with Gasteiger partial charge in [-0.05, 0) is 17.4 Å². The van der Waals surface area contributed by atoms with Crippen LogP contribution in [0.15, 0.2) is 12.1 Å². The number of nitro groups is 1. The lowest BCUT2D eigenvalue weighted by Gasteiger charge is -2.07. The van der Waals surface area contributed by atoms with Crippen molar-refractivity contribution in [3.05, 3.63) is 27.9 Å². The first-order valence-corrected chi connectivity index (χ1v) is 5.63. The summed E-state index contributed by atoms with van der Waals surface area (Å²) in [5.41, 5.74) is 0.247. The lowest BCUT2D eigenvalue weighted by Crippen LogP contribution is -2.30. The lowest BCUT2D eigenvalue weighted by atomic mass is 10.3. The zero-order valence-corrected chi connectivity index (χ0v) is 10.4. The predicted molar refractivity (Wildman–Crippen MR) is 64.3 cm³/mol.